The van der Waals surface area contributed by atoms with Gasteiger partial charge >= 0.3 is 0 Å². The van der Waals surface area contributed by atoms with Gasteiger partial charge in [-0.25, -0.2) is 0 Å². The highest BCUT2D eigenvalue weighted by Crippen LogP contribution is 2.17. The first-order valence-corrected chi connectivity index (χ1v) is 12.0. The molecule has 6 nitrogen and oxygen atoms in total. The van der Waals surface area contributed by atoms with Crippen LogP contribution in [0.4, 0.5) is 0 Å². The molecule has 0 saturated carbocycles. The molecule has 0 N–H and O–H groups in total. The van der Waals surface area contributed by atoms with Gasteiger partial charge in [-0.1, -0.05) is 53.7 Å². The molecule has 0 aliphatic carbocycles. The van der Waals surface area contributed by atoms with Crippen LogP contribution in [0.5, 0.6) is 0 Å². The Balaban J connectivity index is 1.20. The summed E-state index contributed by atoms with van der Waals surface area (Å²) in [5.74, 6) is 2.27. The maximum atomic E-state index is 12.6. The van der Waals surface area contributed by atoms with Crippen LogP contribution in [0, 0.1) is 0 Å². The Morgan fingerprint density at radius 3 is 2.59 bits per heavy atom. The molecule has 0 bridgehead atoms. The Labute approximate surface area is 193 Å². The van der Waals surface area contributed by atoms with Crippen molar-refractivity contribution in [2.24, 2.45) is 0 Å². The van der Waals surface area contributed by atoms with E-state index in [0.29, 0.717) is 24.7 Å². The molecule has 1 amide bonds. The fourth-order valence-electron chi connectivity index (χ4n) is 3.66. The molecule has 4 rings (SSSR count). The van der Waals surface area contributed by atoms with Crippen LogP contribution in [0.1, 0.15) is 24.2 Å². The Hall–Kier alpha value is -2.90. The van der Waals surface area contributed by atoms with Crippen LogP contribution in [-0.2, 0) is 11.3 Å². The zero-order valence-electron chi connectivity index (χ0n) is 18.1. The fraction of sp³-hybridized carbons (Fsp3) is 0.320. The number of carbonyl (C=O) groups excluding carboxylic acids is 1. The zero-order valence-corrected chi connectivity index (χ0v) is 18.9. The minimum Gasteiger partial charge on any atom is -0.341 e. The van der Waals surface area contributed by atoms with Crippen LogP contribution in [-0.4, -0.2) is 57.8 Å². The average Bonchev–Trinajstić information content (AvgIpc) is 3.17. The lowest BCUT2D eigenvalue weighted by Crippen LogP contribution is -2.35. The van der Waals surface area contributed by atoms with Gasteiger partial charge in [0.1, 0.15) is 0 Å². The van der Waals surface area contributed by atoms with Gasteiger partial charge < -0.3 is 9.42 Å². The molecule has 0 radical (unpaired) electrons. The minimum atomic E-state index is 0.235. The summed E-state index contributed by atoms with van der Waals surface area (Å²) in [6, 6.07) is 20.0. The average molecular weight is 449 g/mol. The van der Waals surface area contributed by atoms with E-state index in [1.807, 2.05) is 53.4 Å². The normalized spacial score (nSPS) is 15.2. The molecule has 3 aromatic rings. The fourth-order valence-corrected chi connectivity index (χ4v) is 4.34. The van der Waals surface area contributed by atoms with Crippen LogP contribution < -0.4 is 0 Å². The van der Waals surface area contributed by atoms with Crippen molar-refractivity contribution in [3.8, 4) is 11.5 Å². The Morgan fingerprint density at radius 1 is 1.00 bits per heavy atom. The van der Waals surface area contributed by atoms with E-state index in [9.17, 15) is 4.79 Å². The number of carbonyl (C=O) groups is 1. The van der Waals surface area contributed by atoms with Crippen molar-refractivity contribution in [3.63, 3.8) is 0 Å². The van der Waals surface area contributed by atoms with Crippen LogP contribution in [0.3, 0.4) is 0 Å². The van der Waals surface area contributed by atoms with Gasteiger partial charge in [0.05, 0.1) is 6.54 Å². The summed E-state index contributed by atoms with van der Waals surface area (Å²) in [6.07, 6.45) is 3.60. The Bertz CT molecular complexity index is 1010. The summed E-state index contributed by atoms with van der Waals surface area (Å²) in [4.78, 5) is 21.5. The SMILES string of the molecule is O=C(CCSC=Cc1ccccc1)N1CCCN(Cc2noc(-c3ccccc3)n2)CC1. The van der Waals surface area contributed by atoms with Gasteiger partial charge in [-0.15, -0.1) is 11.8 Å². The van der Waals surface area contributed by atoms with Gasteiger partial charge in [0, 0.05) is 43.9 Å². The maximum Gasteiger partial charge on any atom is 0.257 e. The first-order valence-electron chi connectivity index (χ1n) is 11.0. The molecule has 7 heteroatoms. The molecule has 1 aliphatic heterocycles. The molecule has 32 heavy (non-hydrogen) atoms. The molecule has 0 spiro atoms. The third kappa shape index (κ3) is 6.55. The predicted octanol–water partition coefficient (Wildman–Crippen LogP) is 4.57. The lowest BCUT2D eigenvalue weighted by molar-refractivity contribution is -0.130. The number of hydrogen-bond donors (Lipinski definition) is 0. The van der Waals surface area contributed by atoms with E-state index >= 15 is 0 Å². The Kier molecular flexibility index (Phi) is 8.11. The topological polar surface area (TPSA) is 62.5 Å². The predicted molar refractivity (Wildman–Crippen MR) is 129 cm³/mol. The van der Waals surface area contributed by atoms with Crippen molar-refractivity contribution in [2.45, 2.75) is 19.4 Å². The maximum absolute atomic E-state index is 12.6. The quantitative estimate of drug-likeness (QED) is 0.471. The van der Waals surface area contributed by atoms with Crippen molar-refractivity contribution < 1.29 is 9.32 Å². The molecule has 0 atom stereocenters. The van der Waals surface area contributed by atoms with Crippen LogP contribution in [0.2, 0.25) is 0 Å². The summed E-state index contributed by atoms with van der Waals surface area (Å²) in [5, 5.41) is 6.20. The molecule has 166 valence electrons. The van der Waals surface area contributed by atoms with Crippen molar-refractivity contribution in [2.75, 3.05) is 31.9 Å². The van der Waals surface area contributed by atoms with E-state index in [0.717, 1.165) is 43.9 Å². The molecule has 1 aliphatic rings. The van der Waals surface area contributed by atoms with Gasteiger partial charge in [-0.05, 0) is 35.6 Å². The minimum absolute atomic E-state index is 0.235. The first kappa shape index (κ1) is 22.3. The summed E-state index contributed by atoms with van der Waals surface area (Å²) >= 11 is 1.68. The summed E-state index contributed by atoms with van der Waals surface area (Å²) < 4.78 is 5.42. The number of hydrogen-bond acceptors (Lipinski definition) is 6. The largest absolute Gasteiger partial charge is 0.341 e. The van der Waals surface area contributed by atoms with E-state index in [-0.39, 0.29) is 5.91 Å². The van der Waals surface area contributed by atoms with E-state index in [1.165, 1.54) is 5.56 Å². The molecule has 0 unspecified atom stereocenters. The van der Waals surface area contributed by atoms with Gasteiger partial charge in [-0.3, -0.25) is 9.69 Å². The number of aromatic nitrogens is 2. The molecule has 1 fully saturated rings. The van der Waals surface area contributed by atoms with E-state index in [2.05, 4.69) is 38.7 Å². The highest BCUT2D eigenvalue weighted by molar-refractivity contribution is 8.02. The molecule has 2 aromatic carbocycles. The Morgan fingerprint density at radius 2 is 1.78 bits per heavy atom. The highest BCUT2D eigenvalue weighted by Gasteiger charge is 2.20. The number of rotatable bonds is 8. The molecule has 1 saturated heterocycles. The third-order valence-electron chi connectivity index (χ3n) is 5.39. The monoisotopic (exact) mass is 448 g/mol. The van der Waals surface area contributed by atoms with Gasteiger partial charge in [0.25, 0.3) is 5.89 Å². The lowest BCUT2D eigenvalue weighted by Gasteiger charge is -2.21. The second kappa shape index (κ2) is 11.6. The lowest BCUT2D eigenvalue weighted by atomic mass is 10.2. The second-order valence-electron chi connectivity index (χ2n) is 7.73. The summed E-state index contributed by atoms with van der Waals surface area (Å²) in [6.45, 7) is 3.93. The highest BCUT2D eigenvalue weighted by atomic mass is 32.2. The number of nitrogens with zero attached hydrogens (tertiary/aromatic N) is 4. The molecular formula is C25H28N4O2S. The van der Waals surface area contributed by atoms with Crippen molar-refractivity contribution >= 4 is 23.7 Å². The number of benzene rings is 2. The van der Waals surface area contributed by atoms with Crippen molar-refractivity contribution in [1.29, 1.82) is 0 Å². The van der Waals surface area contributed by atoms with Gasteiger partial charge in [-0.2, -0.15) is 4.98 Å². The van der Waals surface area contributed by atoms with Crippen LogP contribution in [0.25, 0.3) is 17.5 Å². The van der Waals surface area contributed by atoms with Crippen LogP contribution in [0.15, 0.2) is 70.6 Å². The second-order valence-corrected chi connectivity index (χ2v) is 8.74. The first-order chi connectivity index (χ1) is 15.8. The van der Waals surface area contributed by atoms with Gasteiger partial charge in [0.2, 0.25) is 5.91 Å². The van der Waals surface area contributed by atoms with Crippen LogP contribution >= 0.6 is 11.8 Å². The standard InChI is InChI=1S/C25H28N4O2S/c30-24(13-19-32-18-12-21-8-3-1-4-9-21)29-15-7-14-28(16-17-29)20-23-26-25(31-27-23)22-10-5-2-6-11-22/h1-6,8-12,18H,7,13-17,19-20H2. The van der Waals surface area contributed by atoms with E-state index in [1.54, 1.807) is 11.8 Å². The third-order valence-corrected chi connectivity index (χ3v) is 6.15. The van der Waals surface area contributed by atoms with Gasteiger partial charge in [0.15, 0.2) is 5.82 Å². The number of amides is 1. The number of thioether (sulfide) groups is 1. The summed E-state index contributed by atoms with van der Waals surface area (Å²) in [5.41, 5.74) is 2.10. The molecule has 1 aromatic heterocycles. The summed E-state index contributed by atoms with van der Waals surface area (Å²) in [7, 11) is 0. The van der Waals surface area contributed by atoms with E-state index in [4.69, 9.17) is 4.52 Å². The molecular weight excluding hydrogens is 420 g/mol. The van der Waals surface area contributed by atoms with Crippen molar-refractivity contribution in [3.05, 3.63) is 77.5 Å². The smallest absolute Gasteiger partial charge is 0.257 e. The molecule has 2 heterocycles. The van der Waals surface area contributed by atoms with Crippen molar-refractivity contribution in [1.82, 2.24) is 19.9 Å². The van der Waals surface area contributed by atoms with E-state index < -0.39 is 0 Å². The zero-order chi connectivity index (χ0) is 22.0.